The molecule has 1 aliphatic carbocycles. The molecule has 0 radical (unpaired) electrons. The third kappa shape index (κ3) is 2.84. The maximum Gasteiger partial charge on any atom is 0.451 e. The Hall–Kier alpha value is -2.15. The van der Waals surface area contributed by atoms with E-state index >= 15 is 0 Å². The molecule has 1 aliphatic rings. The van der Waals surface area contributed by atoms with Gasteiger partial charge in [-0.25, -0.2) is 9.97 Å². The Morgan fingerprint density at radius 3 is 2.62 bits per heavy atom. The van der Waals surface area contributed by atoms with Crippen LogP contribution in [0, 0.1) is 6.92 Å². The molecule has 3 aromatic rings. The van der Waals surface area contributed by atoms with Crippen LogP contribution in [0.4, 0.5) is 19.0 Å². The second-order valence-corrected chi connectivity index (χ2v) is 7.21. The van der Waals surface area contributed by atoms with E-state index in [1.807, 2.05) is 43.3 Å². The second-order valence-electron chi connectivity index (χ2n) is 5.97. The topological polar surface area (TPSA) is 37.8 Å². The normalized spacial score (nSPS) is 20.3. The zero-order valence-electron chi connectivity index (χ0n) is 12.8. The first-order valence-electron chi connectivity index (χ1n) is 7.58. The van der Waals surface area contributed by atoms with Crippen molar-refractivity contribution in [3.63, 3.8) is 0 Å². The van der Waals surface area contributed by atoms with Gasteiger partial charge in [-0.3, -0.25) is 0 Å². The van der Waals surface area contributed by atoms with Gasteiger partial charge in [0.2, 0.25) is 5.82 Å². The summed E-state index contributed by atoms with van der Waals surface area (Å²) in [6, 6.07) is 11.9. The highest BCUT2D eigenvalue weighted by atomic mass is 32.1. The highest BCUT2D eigenvalue weighted by Crippen LogP contribution is 2.44. The molecule has 0 aliphatic heterocycles. The smallest absolute Gasteiger partial charge is 0.366 e. The third-order valence-corrected chi connectivity index (χ3v) is 5.05. The van der Waals surface area contributed by atoms with E-state index in [0.29, 0.717) is 16.1 Å². The average Bonchev–Trinajstić information content (AvgIpc) is 3.18. The maximum absolute atomic E-state index is 13.0. The lowest BCUT2D eigenvalue weighted by Crippen LogP contribution is -2.14. The van der Waals surface area contributed by atoms with Gasteiger partial charge in [0.05, 0.1) is 5.39 Å². The molecule has 2 heterocycles. The number of halogens is 3. The number of aryl methyl sites for hydroxylation is 1. The highest BCUT2D eigenvalue weighted by Gasteiger charge is 2.40. The van der Waals surface area contributed by atoms with Gasteiger partial charge >= 0.3 is 6.18 Å². The van der Waals surface area contributed by atoms with Crippen molar-refractivity contribution in [3.8, 4) is 0 Å². The highest BCUT2D eigenvalue weighted by molar-refractivity contribution is 7.18. The van der Waals surface area contributed by atoms with Crippen LogP contribution in [0.3, 0.4) is 0 Å². The summed E-state index contributed by atoms with van der Waals surface area (Å²) in [5, 5.41) is 3.85. The van der Waals surface area contributed by atoms with Crippen LogP contribution in [-0.4, -0.2) is 16.0 Å². The molecule has 1 saturated carbocycles. The number of hydrogen-bond donors (Lipinski definition) is 1. The lowest BCUT2D eigenvalue weighted by molar-refractivity contribution is -0.144. The molecule has 2 atom stereocenters. The van der Waals surface area contributed by atoms with Crippen LogP contribution < -0.4 is 5.32 Å². The number of anilines is 1. The maximum atomic E-state index is 13.0. The summed E-state index contributed by atoms with van der Waals surface area (Å²) in [4.78, 5) is 8.71. The van der Waals surface area contributed by atoms with E-state index in [-0.39, 0.29) is 11.9 Å². The zero-order valence-corrected chi connectivity index (χ0v) is 13.6. The SMILES string of the molecule is Cc1cc2c(N[C@@H]3C[C@H]3c3ccccc3)nc(C(F)(F)F)nc2s1. The Morgan fingerprint density at radius 1 is 1.17 bits per heavy atom. The molecule has 4 rings (SSSR count). The number of fused-ring (bicyclic) bond motifs is 1. The number of alkyl halides is 3. The number of nitrogens with zero attached hydrogens (tertiary/aromatic N) is 2. The molecule has 1 aromatic carbocycles. The predicted octanol–water partition coefficient (Wildman–Crippen LogP) is 4.99. The van der Waals surface area contributed by atoms with Crippen molar-refractivity contribution in [1.29, 1.82) is 0 Å². The van der Waals surface area contributed by atoms with Crippen molar-refractivity contribution in [2.24, 2.45) is 0 Å². The molecule has 0 spiro atoms. The van der Waals surface area contributed by atoms with Crippen molar-refractivity contribution >= 4 is 27.4 Å². The first kappa shape index (κ1) is 15.4. The molecule has 0 saturated heterocycles. The van der Waals surface area contributed by atoms with Gasteiger partial charge in [0.25, 0.3) is 0 Å². The van der Waals surface area contributed by atoms with Crippen molar-refractivity contribution in [2.75, 3.05) is 5.32 Å². The summed E-state index contributed by atoms with van der Waals surface area (Å²) in [5.41, 5.74) is 1.19. The molecule has 7 heteroatoms. The Labute approximate surface area is 140 Å². The van der Waals surface area contributed by atoms with E-state index < -0.39 is 12.0 Å². The van der Waals surface area contributed by atoms with Crippen LogP contribution in [0.2, 0.25) is 0 Å². The fourth-order valence-corrected chi connectivity index (χ4v) is 3.76. The summed E-state index contributed by atoms with van der Waals surface area (Å²) >= 11 is 1.25. The molecule has 24 heavy (non-hydrogen) atoms. The predicted molar refractivity (Wildman–Crippen MR) is 88.4 cm³/mol. The van der Waals surface area contributed by atoms with Gasteiger partial charge in [-0.15, -0.1) is 11.3 Å². The minimum atomic E-state index is -4.55. The van der Waals surface area contributed by atoms with E-state index in [9.17, 15) is 13.2 Å². The summed E-state index contributed by atoms with van der Waals surface area (Å²) in [5.74, 6) is -0.498. The van der Waals surface area contributed by atoms with Gasteiger partial charge in [-0.1, -0.05) is 30.3 Å². The van der Waals surface area contributed by atoms with E-state index in [4.69, 9.17) is 0 Å². The minimum absolute atomic E-state index is 0.104. The van der Waals surface area contributed by atoms with Crippen LogP contribution in [-0.2, 0) is 6.18 Å². The Bertz CT molecular complexity index is 889. The number of thiophene rings is 1. The number of rotatable bonds is 3. The molecule has 2 aromatic heterocycles. The van der Waals surface area contributed by atoms with E-state index in [1.165, 1.54) is 16.9 Å². The largest absolute Gasteiger partial charge is 0.451 e. The van der Waals surface area contributed by atoms with E-state index in [2.05, 4.69) is 15.3 Å². The molecule has 124 valence electrons. The van der Waals surface area contributed by atoms with Gasteiger partial charge in [-0.05, 0) is 25.0 Å². The van der Waals surface area contributed by atoms with Crippen LogP contribution in [0.15, 0.2) is 36.4 Å². The minimum Gasteiger partial charge on any atom is -0.366 e. The number of benzene rings is 1. The van der Waals surface area contributed by atoms with Gasteiger partial charge in [0.1, 0.15) is 10.6 Å². The van der Waals surface area contributed by atoms with Gasteiger partial charge in [0.15, 0.2) is 0 Å². The Balaban J connectivity index is 1.66. The van der Waals surface area contributed by atoms with Crippen molar-refractivity contribution in [1.82, 2.24) is 9.97 Å². The molecular formula is C17H14F3N3S. The fourth-order valence-electron chi connectivity index (χ4n) is 2.88. The lowest BCUT2D eigenvalue weighted by atomic mass is 10.1. The van der Waals surface area contributed by atoms with Crippen LogP contribution in [0.25, 0.3) is 10.2 Å². The van der Waals surface area contributed by atoms with E-state index in [0.717, 1.165) is 11.3 Å². The van der Waals surface area contributed by atoms with Gasteiger partial charge in [0, 0.05) is 16.8 Å². The Morgan fingerprint density at radius 2 is 1.92 bits per heavy atom. The van der Waals surface area contributed by atoms with Crippen LogP contribution >= 0.6 is 11.3 Å². The van der Waals surface area contributed by atoms with E-state index in [1.54, 1.807) is 0 Å². The number of hydrogen-bond acceptors (Lipinski definition) is 4. The number of aromatic nitrogens is 2. The number of nitrogens with one attached hydrogen (secondary N) is 1. The average molecular weight is 349 g/mol. The summed E-state index contributed by atoms with van der Waals surface area (Å²) in [6.45, 7) is 1.85. The van der Waals surface area contributed by atoms with Crippen molar-refractivity contribution in [3.05, 3.63) is 52.7 Å². The third-order valence-electron chi connectivity index (χ3n) is 4.11. The first-order valence-corrected chi connectivity index (χ1v) is 8.40. The molecule has 0 bridgehead atoms. The quantitative estimate of drug-likeness (QED) is 0.724. The van der Waals surface area contributed by atoms with Crippen molar-refractivity contribution < 1.29 is 13.2 Å². The van der Waals surface area contributed by atoms with Gasteiger partial charge < -0.3 is 5.32 Å². The molecule has 3 nitrogen and oxygen atoms in total. The van der Waals surface area contributed by atoms with Crippen LogP contribution in [0.5, 0.6) is 0 Å². The molecular weight excluding hydrogens is 335 g/mol. The Kier molecular flexibility index (Phi) is 3.49. The van der Waals surface area contributed by atoms with Crippen molar-refractivity contribution in [2.45, 2.75) is 31.5 Å². The molecule has 0 amide bonds. The molecule has 1 N–H and O–H groups in total. The molecule has 0 unspecified atom stereocenters. The lowest BCUT2D eigenvalue weighted by Gasteiger charge is -2.10. The standard InChI is InChI=1S/C17H14F3N3S/c1-9-7-12-14(22-16(17(18,19)20)23-15(12)24-9)21-13-8-11(13)10-5-3-2-4-6-10/h2-7,11,13H,8H2,1H3,(H,21,22,23)/t11-,13+/m0/s1. The second kappa shape index (κ2) is 5.44. The summed E-state index contributed by atoms with van der Waals surface area (Å²) < 4.78 is 39.1. The molecule has 1 fully saturated rings. The van der Waals surface area contributed by atoms with Crippen LogP contribution in [0.1, 0.15) is 28.6 Å². The fraction of sp³-hybridized carbons (Fsp3) is 0.294. The summed E-state index contributed by atoms with van der Waals surface area (Å²) in [6.07, 6.45) is -3.66. The monoisotopic (exact) mass is 349 g/mol. The van der Waals surface area contributed by atoms with Gasteiger partial charge in [-0.2, -0.15) is 13.2 Å². The summed E-state index contributed by atoms with van der Waals surface area (Å²) in [7, 11) is 0. The first-order chi connectivity index (χ1) is 11.4. The zero-order chi connectivity index (χ0) is 16.9.